The number of furan rings is 1. The fourth-order valence-corrected chi connectivity index (χ4v) is 2.62. The van der Waals surface area contributed by atoms with Gasteiger partial charge in [0.15, 0.2) is 5.76 Å². The second kappa shape index (κ2) is 4.30. The first-order chi connectivity index (χ1) is 9.04. The second-order valence-electron chi connectivity index (χ2n) is 5.57. The Balaban J connectivity index is 1.90. The number of fused-ring (bicyclic) bond motifs is 1. The lowest BCUT2D eigenvalue weighted by atomic mass is 10.0. The first-order valence-electron chi connectivity index (χ1n) is 6.63. The summed E-state index contributed by atoms with van der Waals surface area (Å²) in [7, 11) is 0. The number of nitrogens with two attached hydrogens (primary N) is 1. The van der Waals surface area contributed by atoms with Gasteiger partial charge in [-0.3, -0.25) is 4.79 Å². The second-order valence-corrected chi connectivity index (χ2v) is 5.57. The zero-order valence-electron chi connectivity index (χ0n) is 11.2. The van der Waals surface area contributed by atoms with Crippen LogP contribution in [0.15, 0.2) is 28.7 Å². The molecular weight excluding hydrogens is 240 g/mol. The van der Waals surface area contributed by atoms with Crippen LogP contribution >= 0.6 is 0 Å². The van der Waals surface area contributed by atoms with E-state index in [2.05, 4.69) is 13.8 Å². The highest BCUT2D eigenvalue weighted by molar-refractivity contribution is 5.96. The molecule has 2 unspecified atom stereocenters. The number of likely N-dealkylation sites (tertiary alicyclic amines) is 1. The maximum Gasteiger partial charge on any atom is 0.289 e. The molecular formula is C15H18N2O2. The van der Waals surface area contributed by atoms with Gasteiger partial charge < -0.3 is 15.1 Å². The third-order valence-electron chi connectivity index (χ3n) is 4.03. The summed E-state index contributed by atoms with van der Waals surface area (Å²) in [5, 5.41) is 0.878. The van der Waals surface area contributed by atoms with Gasteiger partial charge in [0.05, 0.1) is 0 Å². The largest absolute Gasteiger partial charge is 0.451 e. The number of rotatable bonds is 1. The number of carbonyl (C=O) groups excluding carboxylic acids is 1. The lowest BCUT2D eigenvalue weighted by Gasteiger charge is -2.13. The van der Waals surface area contributed by atoms with Crippen LogP contribution in [0.25, 0.3) is 11.0 Å². The average molecular weight is 258 g/mol. The van der Waals surface area contributed by atoms with Crippen LogP contribution in [0.4, 0.5) is 5.69 Å². The SMILES string of the molecule is CC1CN(C(=O)c2cc3cc(N)ccc3o2)CC1C. The molecule has 2 heterocycles. The first kappa shape index (κ1) is 12.1. The molecule has 1 amide bonds. The van der Waals surface area contributed by atoms with Gasteiger partial charge in [0.2, 0.25) is 0 Å². The van der Waals surface area contributed by atoms with E-state index in [1.807, 2.05) is 11.0 Å². The summed E-state index contributed by atoms with van der Waals surface area (Å²) in [5.41, 5.74) is 7.11. The van der Waals surface area contributed by atoms with Crippen molar-refractivity contribution in [2.45, 2.75) is 13.8 Å². The van der Waals surface area contributed by atoms with Crippen molar-refractivity contribution in [3.8, 4) is 0 Å². The fraction of sp³-hybridized carbons (Fsp3) is 0.400. The summed E-state index contributed by atoms with van der Waals surface area (Å²) >= 11 is 0. The van der Waals surface area contributed by atoms with Gasteiger partial charge in [-0.05, 0) is 36.1 Å². The molecule has 4 heteroatoms. The van der Waals surface area contributed by atoms with Gasteiger partial charge in [-0.1, -0.05) is 13.8 Å². The molecule has 1 aromatic carbocycles. The standard InChI is InChI=1S/C15H18N2O2/c1-9-7-17(8-10(9)2)15(18)14-6-11-5-12(16)3-4-13(11)19-14/h3-6,9-10H,7-8,16H2,1-2H3. The summed E-state index contributed by atoms with van der Waals surface area (Å²) in [6.07, 6.45) is 0. The molecule has 0 radical (unpaired) electrons. The van der Waals surface area contributed by atoms with Crippen molar-refractivity contribution < 1.29 is 9.21 Å². The maximum atomic E-state index is 12.4. The quantitative estimate of drug-likeness (QED) is 0.800. The Hall–Kier alpha value is -1.97. The summed E-state index contributed by atoms with van der Waals surface area (Å²) in [5.74, 6) is 1.47. The highest BCUT2D eigenvalue weighted by Gasteiger charge is 2.31. The van der Waals surface area contributed by atoms with Crippen LogP contribution in [-0.4, -0.2) is 23.9 Å². The van der Waals surface area contributed by atoms with E-state index in [9.17, 15) is 4.79 Å². The van der Waals surface area contributed by atoms with Gasteiger partial charge in [-0.2, -0.15) is 0 Å². The molecule has 100 valence electrons. The van der Waals surface area contributed by atoms with Crippen molar-refractivity contribution >= 4 is 22.6 Å². The molecule has 2 aromatic rings. The number of carbonyl (C=O) groups is 1. The van der Waals surface area contributed by atoms with Crippen LogP contribution < -0.4 is 5.73 Å². The van der Waals surface area contributed by atoms with Gasteiger partial charge >= 0.3 is 0 Å². The third kappa shape index (κ3) is 2.07. The number of hydrogen-bond donors (Lipinski definition) is 1. The Morgan fingerprint density at radius 3 is 2.63 bits per heavy atom. The number of hydrogen-bond acceptors (Lipinski definition) is 3. The molecule has 4 nitrogen and oxygen atoms in total. The van der Waals surface area contributed by atoms with Crippen molar-refractivity contribution in [1.82, 2.24) is 4.90 Å². The third-order valence-corrected chi connectivity index (χ3v) is 4.03. The highest BCUT2D eigenvalue weighted by atomic mass is 16.3. The van der Waals surface area contributed by atoms with Crippen LogP contribution in [0.2, 0.25) is 0 Å². The molecule has 3 rings (SSSR count). The van der Waals surface area contributed by atoms with Crippen molar-refractivity contribution in [3.05, 3.63) is 30.0 Å². The molecule has 1 saturated heterocycles. The van der Waals surface area contributed by atoms with Crippen molar-refractivity contribution in [2.24, 2.45) is 11.8 Å². The van der Waals surface area contributed by atoms with E-state index in [0.717, 1.165) is 18.5 Å². The molecule has 2 N–H and O–H groups in total. The maximum absolute atomic E-state index is 12.4. The minimum atomic E-state index is -0.0222. The molecule has 0 aliphatic carbocycles. The van der Waals surface area contributed by atoms with Gasteiger partial charge in [0, 0.05) is 24.2 Å². The van der Waals surface area contributed by atoms with E-state index in [1.54, 1.807) is 18.2 Å². The Morgan fingerprint density at radius 1 is 1.26 bits per heavy atom. The highest BCUT2D eigenvalue weighted by Crippen LogP contribution is 2.27. The fourth-order valence-electron chi connectivity index (χ4n) is 2.62. The van der Waals surface area contributed by atoms with E-state index >= 15 is 0 Å². The van der Waals surface area contributed by atoms with Crippen molar-refractivity contribution in [1.29, 1.82) is 0 Å². The van der Waals surface area contributed by atoms with Gasteiger partial charge in [0.25, 0.3) is 5.91 Å². The van der Waals surface area contributed by atoms with Gasteiger partial charge in [-0.25, -0.2) is 0 Å². The van der Waals surface area contributed by atoms with Crippen LogP contribution in [0.5, 0.6) is 0 Å². The topological polar surface area (TPSA) is 59.5 Å². The normalized spacial score (nSPS) is 23.2. The Bertz CT molecular complexity index is 622. The minimum absolute atomic E-state index is 0.0222. The minimum Gasteiger partial charge on any atom is -0.451 e. The molecule has 1 aromatic heterocycles. The molecule has 1 aliphatic heterocycles. The Kier molecular flexibility index (Phi) is 2.73. The van der Waals surface area contributed by atoms with E-state index in [-0.39, 0.29) is 5.91 Å². The summed E-state index contributed by atoms with van der Waals surface area (Å²) < 4.78 is 5.62. The zero-order chi connectivity index (χ0) is 13.6. The summed E-state index contributed by atoms with van der Waals surface area (Å²) in [6.45, 7) is 5.97. The molecule has 1 fully saturated rings. The van der Waals surface area contributed by atoms with E-state index in [4.69, 9.17) is 10.2 Å². The van der Waals surface area contributed by atoms with Crippen molar-refractivity contribution in [3.63, 3.8) is 0 Å². The van der Waals surface area contributed by atoms with Crippen LogP contribution in [0.3, 0.4) is 0 Å². The molecule has 0 bridgehead atoms. The average Bonchev–Trinajstić information content (AvgIpc) is 2.92. The number of anilines is 1. The monoisotopic (exact) mass is 258 g/mol. The predicted molar refractivity (Wildman–Crippen MR) is 74.9 cm³/mol. The lowest BCUT2D eigenvalue weighted by Crippen LogP contribution is -2.28. The molecule has 0 spiro atoms. The van der Waals surface area contributed by atoms with Crippen LogP contribution in [-0.2, 0) is 0 Å². The number of amides is 1. The molecule has 1 aliphatic rings. The van der Waals surface area contributed by atoms with E-state index < -0.39 is 0 Å². The lowest BCUT2D eigenvalue weighted by molar-refractivity contribution is 0.0756. The van der Waals surface area contributed by atoms with E-state index in [0.29, 0.717) is 28.9 Å². The number of nitrogens with zero attached hydrogens (tertiary/aromatic N) is 1. The summed E-state index contributed by atoms with van der Waals surface area (Å²) in [4.78, 5) is 14.3. The van der Waals surface area contributed by atoms with Crippen molar-refractivity contribution in [2.75, 3.05) is 18.8 Å². The molecule has 0 saturated carbocycles. The smallest absolute Gasteiger partial charge is 0.289 e. The van der Waals surface area contributed by atoms with E-state index in [1.165, 1.54) is 0 Å². The Morgan fingerprint density at radius 2 is 1.95 bits per heavy atom. The van der Waals surface area contributed by atoms with Gasteiger partial charge in [-0.15, -0.1) is 0 Å². The number of benzene rings is 1. The predicted octanol–water partition coefficient (Wildman–Crippen LogP) is 2.74. The summed E-state index contributed by atoms with van der Waals surface area (Å²) in [6, 6.07) is 7.18. The molecule has 2 atom stereocenters. The molecule has 19 heavy (non-hydrogen) atoms. The van der Waals surface area contributed by atoms with Crippen LogP contribution in [0.1, 0.15) is 24.4 Å². The number of nitrogen functional groups attached to an aromatic ring is 1. The van der Waals surface area contributed by atoms with Crippen LogP contribution in [0, 0.1) is 11.8 Å². The van der Waals surface area contributed by atoms with Gasteiger partial charge in [0.1, 0.15) is 5.58 Å². The Labute approximate surface area is 112 Å². The first-order valence-corrected chi connectivity index (χ1v) is 6.63. The zero-order valence-corrected chi connectivity index (χ0v) is 11.2.